The Balaban J connectivity index is 2.19. The number of hydrogen-bond donors (Lipinski definition) is 1. The lowest BCUT2D eigenvalue weighted by Gasteiger charge is -2.24. The van der Waals surface area contributed by atoms with E-state index in [1.807, 2.05) is 0 Å². The van der Waals surface area contributed by atoms with Gasteiger partial charge in [0.05, 0.1) is 6.61 Å². The van der Waals surface area contributed by atoms with Crippen LogP contribution in [0.15, 0.2) is 0 Å². The van der Waals surface area contributed by atoms with Gasteiger partial charge in [0.15, 0.2) is 0 Å². The number of ether oxygens (including phenoxy) is 1. The Kier molecular flexibility index (Phi) is 6.98. The van der Waals surface area contributed by atoms with Crippen LogP contribution in [-0.2, 0) is 4.74 Å². The summed E-state index contributed by atoms with van der Waals surface area (Å²) in [6, 6.07) is 0. The van der Waals surface area contributed by atoms with Gasteiger partial charge in [-0.15, -0.1) is 0 Å². The van der Waals surface area contributed by atoms with Crippen molar-refractivity contribution >= 4 is 0 Å². The summed E-state index contributed by atoms with van der Waals surface area (Å²) in [4.78, 5) is 2.52. The minimum atomic E-state index is 0.800. The molecule has 0 spiro atoms. The lowest BCUT2D eigenvalue weighted by molar-refractivity contribution is 0.136. The Morgan fingerprint density at radius 3 is 2.60 bits per heavy atom. The third-order valence-corrected chi connectivity index (χ3v) is 3.28. The second kappa shape index (κ2) is 8.08. The predicted octanol–water partition coefficient (Wildman–Crippen LogP) is 1.47. The number of rotatable bonds is 8. The van der Waals surface area contributed by atoms with Gasteiger partial charge in [-0.2, -0.15) is 0 Å². The van der Waals surface area contributed by atoms with Gasteiger partial charge in [0, 0.05) is 20.2 Å². The molecule has 0 bridgehead atoms. The van der Waals surface area contributed by atoms with Gasteiger partial charge in [-0.05, 0) is 38.3 Å². The summed E-state index contributed by atoms with van der Waals surface area (Å²) >= 11 is 0. The van der Waals surface area contributed by atoms with Crippen molar-refractivity contribution in [2.24, 2.45) is 11.7 Å². The summed E-state index contributed by atoms with van der Waals surface area (Å²) in [7, 11) is 1.77. The van der Waals surface area contributed by atoms with Crippen molar-refractivity contribution in [1.29, 1.82) is 0 Å². The molecule has 1 fully saturated rings. The molecule has 1 saturated carbocycles. The highest BCUT2D eigenvalue weighted by Gasteiger charge is 2.17. The molecule has 0 unspecified atom stereocenters. The number of methoxy groups -OCH3 is 1. The van der Waals surface area contributed by atoms with Crippen molar-refractivity contribution in [1.82, 2.24) is 4.90 Å². The van der Waals surface area contributed by atoms with Crippen molar-refractivity contribution in [2.75, 3.05) is 39.9 Å². The smallest absolute Gasteiger partial charge is 0.0589 e. The van der Waals surface area contributed by atoms with Gasteiger partial charge in [-0.3, -0.25) is 0 Å². The Morgan fingerprint density at radius 1 is 1.27 bits per heavy atom. The summed E-state index contributed by atoms with van der Waals surface area (Å²) in [5.41, 5.74) is 5.56. The van der Waals surface area contributed by atoms with E-state index in [0.717, 1.165) is 38.6 Å². The molecule has 1 aliphatic carbocycles. The highest BCUT2D eigenvalue weighted by molar-refractivity contribution is 4.72. The molecule has 1 aliphatic rings. The van der Waals surface area contributed by atoms with Gasteiger partial charge in [0.1, 0.15) is 0 Å². The minimum Gasteiger partial charge on any atom is -0.383 e. The van der Waals surface area contributed by atoms with E-state index >= 15 is 0 Å². The third kappa shape index (κ3) is 5.50. The predicted molar refractivity (Wildman–Crippen MR) is 63.9 cm³/mol. The fourth-order valence-electron chi connectivity index (χ4n) is 2.39. The van der Waals surface area contributed by atoms with Crippen LogP contribution in [0, 0.1) is 5.92 Å². The van der Waals surface area contributed by atoms with Crippen molar-refractivity contribution in [3.05, 3.63) is 0 Å². The molecule has 0 saturated heterocycles. The zero-order valence-electron chi connectivity index (χ0n) is 10.1. The van der Waals surface area contributed by atoms with Gasteiger partial charge < -0.3 is 15.4 Å². The molecule has 15 heavy (non-hydrogen) atoms. The molecule has 0 atom stereocenters. The molecule has 3 heteroatoms. The van der Waals surface area contributed by atoms with E-state index in [2.05, 4.69) is 4.90 Å². The third-order valence-electron chi connectivity index (χ3n) is 3.28. The first-order chi connectivity index (χ1) is 7.36. The van der Waals surface area contributed by atoms with Gasteiger partial charge in [-0.25, -0.2) is 0 Å². The monoisotopic (exact) mass is 214 g/mol. The molecular weight excluding hydrogens is 188 g/mol. The average Bonchev–Trinajstić information content (AvgIpc) is 2.74. The molecule has 0 amide bonds. The van der Waals surface area contributed by atoms with Crippen molar-refractivity contribution < 1.29 is 4.74 Å². The second-order valence-corrected chi connectivity index (χ2v) is 4.59. The summed E-state index contributed by atoms with van der Waals surface area (Å²) in [5.74, 6) is 0.930. The first-order valence-corrected chi connectivity index (χ1v) is 6.28. The van der Waals surface area contributed by atoms with E-state index in [9.17, 15) is 0 Å². The molecule has 0 radical (unpaired) electrons. The Morgan fingerprint density at radius 2 is 2.00 bits per heavy atom. The van der Waals surface area contributed by atoms with E-state index in [-0.39, 0.29) is 0 Å². The van der Waals surface area contributed by atoms with Crippen LogP contribution in [0.25, 0.3) is 0 Å². The normalized spacial score (nSPS) is 17.8. The molecule has 0 heterocycles. The van der Waals surface area contributed by atoms with Crippen LogP contribution in [0.2, 0.25) is 0 Å². The van der Waals surface area contributed by atoms with Gasteiger partial charge >= 0.3 is 0 Å². The highest BCUT2D eigenvalue weighted by atomic mass is 16.5. The molecular formula is C12H26N2O. The molecule has 3 nitrogen and oxygen atoms in total. The molecule has 2 N–H and O–H groups in total. The molecule has 1 rings (SSSR count). The van der Waals surface area contributed by atoms with Crippen molar-refractivity contribution in [2.45, 2.75) is 32.1 Å². The highest BCUT2D eigenvalue weighted by Crippen LogP contribution is 2.25. The molecule has 0 aromatic rings. The molecule has 0 aromatic heterocycles. The zero-order chi connectivity index (χ0) is 10.9. The molecule has 0 aromatic carbocycles. The van der Waals surface area contributed by atoms with E-state index in [0.29, 0.717) is 0 Å². The van der Waals surface area contributed by atoms with Crippen LogP contribution in [0.4, 0.5) is 0 Å². The van der Waals surface area contributed by atoms with Gasteiger partial charge in [0.2, 0.25) is 0 Å². The summed E-state index contributed by atoms with van der Waals surface area (Å²) in [5, 5.41) is 0. The fraction of sp³-hybridized carbons (Fsp3) is 1.00. The molecule has 0 aliphatic heterocycles. The standard InChI is InChI=1S/C12H26N2O/c1-15-10-9-14(8-4-7-13)11-12-5-2-3-6-12/h12H,2-11,13H2,1H3. The van der Waals surface area contributed by atoms with Crippen LogP contribution in [0.3, 0.4) is 0 Å². The first-order valence-electron chi connectivity index (χ1n) is 6.28. The molecule has 90 valence electrons. The number of hydrogen-bond acceptors (Lipinski definition) is 3. The lowest BCUT2D eigenvalue weighted by Crippen LogP contribution is -2.33. The van der Waals surface area contributed by atoms with Crippen LogP contribution in [-0.4, -0.2) is 44.8 Å². The zero-order valence-corrected chi connectivity index (χ0v) is 10.1. The SMILES string of the molecule is COCCN(CCCN)CC1CCCC1. The van der Waals surface area contributed by atoms with Crippen LogP contribution < -0.4 is 5.73 Å². The quantitative estimate of drug-likeness (QED) is 0.665. The van der Waals surface area contributed by atoms with Crippen LogP contribution in [0.1, 0.15) is 32.1 Å². The van der Waals surface area contributed by atoms with Crippen molar-refractivity contribution in [3.63, 3.8) is 0 Å². The average molecular weight is 214 g/mol. The maximum atomic E-state index is 5.56. The lowest BCUT2D eigenvalue weighted by atomic mass is 10.1. The van der Waals surface area contributed by atoms with Gasteiger partial charge in [0.25, 0.3) is 0 Å². The topological polar surface area (TPSA) is 38.5 Å². The number of nitrogens with two attached hydrogens (primary N) is 1. The van der Waals surface area contributed by atoms with E-state index in [1.165, 1.54) is 32.2 Å². The Labute approximate surface area is 94.0 Å². The number of nitrogens with zero attached hydrogens (tertiary/aromatic N) is 1. The van der Waals surface area contributed by atoms with Gasteiger partial charge in [-0.1, -0.05) is 12.8 Å². The Hall–Kier alpha value is -0.120. The second-order valence-electron chi connectivity index (χ2n) is 4.59. The van der Waals surface area contributed by atoms with Crippen molar-refractivity contribution in [3.8, 4) is 0 Å². The summed E-state index contributed by atoms with van der Waals surface area (Å²) < 4.78 is 5.14. The fourth-order valence-corrected chi connectivity index (χ4v) is 2.39. The Bertz CT molecular complexity index is 139. The van der Waals surface area contributed by atoms with Crippen LogP contribution in [0.5, 0.6) is 0 Å². The van der Waals surface area contributed by atoms with E-state index < -0.39 is 0 Å². The van der Waals surface area contributed by atoms with E-state index in [4.69, 9.17) is 10.5 Å². The summed E-state index contributed by atoms with van der Waals surface area (Å²) in [6.07, 6.45) is 6.81. The first kappa shape index (κ1) is 12.9. The maximum Gasteiger partial charge on any atom is 0.0589 e. The maximum absolute atomic E-state index is 5.56. The summed E-state index contributed by atoms with van der Waals surface area (Å²) in [6.45, 7) is 5.10. The van der Waals surface area contributed by atoms with Crippen LogP contribution >= 0.6 is 0 Å². The van der Waals surface area contributed by atoms with E-state index in [1.54, 1.807) is 7.11 Å². The largest absolute Gasteiger partial charge is 0.383 e. The minimum absolute atomic E-state index is 0.800.